The molecule has 0 spiro atoms. The normalized spacial score (nSPS) is 27.8. The number of aryl methyl sites for hydroxylation is 1. The number of amides is 1. The zero-order chi connectivity index (χ0) is 22.7. The highest BCUT2D eigenvalue weighted by Gasteiger charge is 2.52. The van der Waals surface area contributed by atoms with Gasteiger partial charge >= 0.3 is 0 Å². The molecule has 7 nitrogen and oxygen atoms in total. The first-order valence-corrected chi connectivity index (χ1v) is 12.2. The summed E-state index contributed by atoms with van der Waals surface area (Å²) in [6, 6.07) is 7.12. The molecule has 3 N–H and O–H groups in total. The van der Waals surface area contributed by atoms with E-state index in [0.717, 1.165) is 29.9 Å². The number of carbonyl (C=O) groups is 1. The van der Waals surface area contributed by atoms with E-state index in [-0.39, 0.29) is 16.7 Å². The number of rotatable bonds is 5. The zero-order valence-corrected chi connectivity index (χ0v) is 18.9. The third-order valence-electron chi connectivity index (χ3n) is 8.24. The fraction of sp³-hybridized carbons (Fsp3) is 0.500. The molecule has 1 amide bonds. The van der Waals surface area contributed by atoms with Crippen LogP contribution in [-0.4, -0.2) is 25.5 Å². The molecule has 0 unspecified atom stereocenters. The minimum atomic E-state index is -0.639. The van der Waals surface area contributed by atoms with Gasteiger partial charge in [0.15, 0.2) is 0 Å². The van der Waals surface area contributed by atoms with E-state index in [4.69, 9.17) is 0 Å². The van der Waals surface area contributed by atoms with E-state index in [9.17, 15) is 14.7 Å². The molecule has 1 aromatic carbocycles. The molecular formula is C26H30N4O3. The summed E-state index contributed by atoms with van der Waals surface area (Å²) in [6.07, 6.45) is 10.3. The van der Waals surface area contributed by atoms with Crippen molar-refractivity contribution in [2.75, 3.05) is 5.32 Å². The Morgan fingerprint density at radius 2 is 1.85 bits per heavy atom. The Balaban J connectivity index is 1.32. The molecule has 172 valence electrons. The van der Waals surface area contributed by atoms with E-state index in [1.165, 1.54) is 38.5 Å². The van der Waals surface area contributed by atoms with Gasteiger partial charge in [0.2, 0.25) is 5.95 Å². The van der Waals surface area contributed by atoms with Gasteiger partial charge in [-0.05, 0) is 74.8 Å². The van der Waals surface area contributed by atoms with Crippen molar-refractivity contribution < 1.29 is 9.90 Å². The molecule has 0 aliphatic heterocycles. The van der Waals surface area contributed by atoms with Crippen molar-refractivity contribution in [3.63, 3.8) is 0 Å². The standard InChI is InChI=1S/C26H30N4O3/c1-2-7-30-19-6-4-3-5-18(19)22(31)21(24(30)33)23(32)29-25-27-14-20(28-25)26-11-15-8-16(12-26)10-17(9-15)13-26/h3-6,14-17,31H,2,7-13H2,1H3,(H2,27,28,29,32). The Morgan fingerprint density at radius 3 is 2.52 bits per heavy atom. The minimum absolute atomic E-state index is 0.143. The molecule has 0 radical (unpaired) electrons. The third-order valence-corrected chi connectivity index (χ3v) is 8.24. The fourth-order valence-corrected chi connectivity index (χ4v) is 7.30. The fourth-order valence-electron chi connectivity index (χ4n) is 7.30. The van der Waals surface area contributed by atoms with Gasteiger partial charge in [-0.2, -0.15) is 0 Å². The van der Waals surface area contributed by atoms with Gasteiger partial charge in [-0.3, -0.25) is 14.9 Å². The predicted octanol–water partition coefficient (Wildman–Crippen LogP) is 4.56. The number of anilines is 1. The van der Waals surface area contributed by atoms with Crippen LogP contribution in [0.3, 0.4) is 0 Å². The van der Waals surface area contributed by atoms with Crippen LogP contribution in [-0.2, 0) is 12.0 Å². The topological polar surface area (TPSA) is 100 Å². The molecule has 4 fully saturated rings. The molecule has 4 aliphatic carbocycles. The van der Waals surface area contributed by atoms with Gasteiger partial charge in [-0.1, -0.05) is 19.1 Å². The molecule has 2 aromatic heterocycles. The van der Waals surface area contributed by atoms with Crippen LogP contribution in [0, 0.1) is 17.8 Å². The number of carbonyl (C=O) groups excluding carboxylic acids is 1. The van der Waals surface area contributed by atoms with Crippen molar-refractivity contribution >= 4 is 22.8 Å². The average molecular weight is 447 g/mol. The second-order valence-corrected chi connectivity index (χ2v) is 10.5. The minimum Gasteiger partial charge on any atom is -0.506 e. The molecule has 7 heteroatoms. The van der Waals surface area contributed by atoms with Crippen molar-refractivity contribution in [2.24, 2.45) is 17.8 Å². The third kappa shape index (κ3) is 3.20. The smallest absolute Gasteiger partial charge is 0.267 e. The lowest BCUT2D eigenvalue weighted by Crippen LogP contribution is -2.48. The number of aromatic nitrogens is 3. The quantitative estimate of drug-likeness (QED) is 0.535. The van der Waals surface area contributed by atoms with E-state index in [0.29, 0.717) is 23.4 Å². The molecule has 4 bridgehead atoms. The van der Waals surface area contributed by atoms with E-state index in [1.807, 2.05) is 19.2 Å². The second kappa shape index (κ2) is 7.47. The largest absolute Gasteiger partial charge is 0.506 e. The van der Waals surface area contributed by atoms with Crippen LogP contribution in [0.25, 0.3) is 10.9 Å². The summed E-state index contributed by atoms with van der Waals surface area (Å²) in [4.78, 5) is 34.1. The molecule has 0 atom stereocenters. The van der Waals surface area contributed by atoms with E-state index in [2.05, 4.69) is 15.3 Å². The number of benzene rings is 1. The lowest BCUT2D eigenvalue weighted by atomic mass is 9.49. The Morgan fingerprint density at radius 1 is 1.18 bits per heavy atom. The molecule has 3 aromatic rings. The number of aromatic hydroxyl groups is 1. The van der Waals surface area contributed by atoms with Crippen LogP contribution in [0.4, 0.5) is 5.95 Å². The lowest BCUT2D eigenvalue weighted by molar-refractivity contribution is -0.00698. The van der Waals surface area contributed by atoms with Crippen molar-refractivity contribution in [2.45, 2.75) is 63.8 Å². The predicted molar refractivity (Wildman–Crippen MR) is 127 cm³/mol. The van der Waals surface area contributed by atoms with Crippen LogP contribution in [0.1, 0.15) is 67.9 Å². The van der Waals surface area contributed by atoms with Gasteiger partial charge in [0, 0.05) is 23.0 Å². The van der Waals surface area contributed by atoms with Gasteiger partial charge < -0.3 is 14.7 Å². The molecular weight excluding hydrogens is 416 g/mol. The van der Waals surface area contributed by atoms with Gasteiger partial charge in [0.1, 0.15) is 11.3 Å². The maximum absolute atomic E-state index is 13.2. The number of hydrogen-bond acceptors (Lipinski definition) is 4. The first-order chi connectivity index (χ1) is 16.0. The highest BCUT2D eigenvalue weighted by molar-refractivity contribution is 6.08. The van der Waals surface area contributed by atoms with Gasteiger partial charge in [-0.15, -0.1) is 0 Å². The number of nitrogens with zero attached hydrogens (tertiary/aromatic N) is 2. The summed E-state index contributed by atoms with van der Waals surface area (Å²) in [5.74, 6) is 1.84. The monoisotopic (exact) mass is 446 g/mol. The zero-order valence-electron chi connectivity index (χ0n) is 18.9. The van der Waals surface area contributed by atoms with Crippen LogP contribution in [0.5, 0.6) is 5.75 Å². The molecule has 4 saturated carbocycles. The first kappa shape index (κ1) is 20.5. The summed E-state index contributed by atoms with van der Waals surface area (Å²) < 4.78 is 1.56. The van der Waals surface area contributed by atoms with Gasteiger partial charge in [-0.25, -0.2) is 4.98 Å². The van der Waals surface area contributed by atoms with E-state index < -0.39 is 11.5 Å². The summed E-state index contributed by atoms with van der Waals surface area (Å²) in [6.45, 7) is 2.44. The van der Waals surface area contributed by atoms with Crippen molar-refractivity contribution in [1.82, 2.24) is 14.5 Å². The van der Waals surface area contributed by atoms with Crippen LogP contribution in [0.15, 0.2) is 35.3 Å². The maximum atomic E-state index is 13.2. The van der Waals surface area contributed by atoms with Crippen LogP contribution in [0.2, 0.25) is 0 Å². The van der Waals surface area contributed by atoms with Gasteiger partial charge in [0.25, 0.3) is 11.5 Å². The average Bonchev–Trinajstić information content (AvgIpc) is 3.25. The number of pyridine rings is 1. The number of imidazole rings is 1. The second-order valence-electron chi connectivity index (χ2n) is 10.5. The number of H-pyrrole nitrogens is 1. The highest BCUT2D eigenvalue weighted by atomic mass is 16.3. The molecule has 0 saturated heterocycles. The molecule has 33 heavy (non-hydrogen) atoms. The molecule has 2 heterocycles. The van der Waals surface area contributed by atoms with Crippen LogP contribution >= 0.6 is 0 Å². The SMILES string of the molecule is CCCn1c(=O)c(C(=O)Nc2ncc(C34CC5CC(CC(C5)C3)C4)[nH]2)c(O)c2ccccc21. The van der Waals surface area contributed by atoms with Gasteiger partial charge in [0.05, 0.1) is 11.7 Å². The Kier molecular flexibility index (Phi) is 4.64. The Bertz CT molecular complexity index is 1270. The summed E-state index contributed by atoms with van der Waals surface area (Å²) >= 11 is 0. The first-order valence-electron chi connectivity index (χ1n) is 12.2. The number of para-hydroxylation sites is 1. The Hall–Kier alpha value is -3.09. The highest BCUT2D eigenvalue weighted by Crippen LogP contribution is 2.60. The molecule has 4 aliphatic rings. The van der Waals surface area contributed by atoms with E-state index in [1.54, 1.807) is 22.8 Å². The van der Waals surface area contributed by atoms with Crippen molar-refractivity contribution in [3.05, 3.63) is 52.1 Å². The molecule has 7 rings (SSSR count). The number of aromatic amines is 1. The summed E-state index contributed by atoms with van der Waals surface area (Å²) in [7, 11) is 0. The van der Waals surface area contributed by atoms with Crippen molar-refractivity contribution in [1.29, 1.82) is 0 Å². The summed E-state index contributed by atoms with van der Waals surface area (Å²) in [5, 5.41) is 14.1. The van der Waals surface area contributed by atoms with E-state index >= 15 is 0 Å². The number of nitrogens with one attached hydrogen (secondary N) is 2. The van der Waals surface area contributed by atoms with Crippen LogP contribution < -0.4 is 10.9 Å². The lowest BCUT2D eigenvalue weighted by Gasteiger charge is -2.56. The Labute approximate surface area is 192 Å². The number of hydrogen-bond donors (Lipinski definition) is 3. The number of fused-ring (bicyclic) bond motifs is 1. The van der Waals surface area contributed by atoms with Crippen molar-refractivity contribution in [3.8, 4) is 5.75 Å². The maximum Gasteiger partial charge on any atom is 0.267 e. The summed E-state index contributed by atoms with van der Waals surface area (Å²) in [5.41, 5.74) is 1.14.